The zero-order chi connectivity index (χ0) is 32.3. The molecule has 0 fully saturated rings. The van der Waals surface area contributed by atoms with E-state index in [2.05, 4.69) is 127 Å². The molecule has 0 spiro atoms. The molecule has 2 atom stereocenters. The van der Waals surface area contributed by atoms with Gasteiger partial charge < -0.3 is 4.74 Å². The molecule has 1 aliphatic carbocycles. The van der Waals surface area contributed by atoms with E-state index in [1.807, 2.05) is 30.3 Å². The van der Waals surface area contributed by atoms with Gasteiger partial charge in [0.05, 0.1) is 5.69 Å². The zero-order valence-corrected chi connectivity index (χ0v) is 26.4. The number of aromatic nitrogens is 4. The van der Waals surface area contributed by atoms with Crippen molar-refractivity contribution >= 4 is 33.7 Å². The molecular weight excluding hydrogens is 601 g/mol. The molecule has 0 saturated heterocycles. The summed E-state index contributed by atoms with van der Waals surface area (Å²) in [5, 5.41) is 6.98. The van der Waals surface area contributed by atoms with Gasteiger partial charge in [0.1, 0.15) is 17.5 Å². The summed E-state index contributed by atoms with van der Waals surface area (Å²) in [5.41, 5.74) is 5.35. The van der Waals surface area contributed by atoms with Crippen LogP contribution in [0.4, 0.5) is 0 Å². The molecule has 1 aliphatic heterocycles. The summed E-state index contributed by atoms with van der Waals surface area (Å²) in [7, 11) is 0. The van der Waals surface area contributed by atoms with Crippen molar-refractivity contribution in [3.63, 3.8) is 0 Å². The van der Waals surface area contributed by atoms with Crippen LogP contribution in [0.5, 0.6) is 5.75 Å². The van der Waals surface area contributed by atoms with Gasteiger partial charge in [-0.15, -0.1) is 0 Å². The molecule has 0 radical (unpaired) electrons. The Bertz CT molecular complexity index is 2720. The van der Waals surface area contributed by atoms with Gasteiger partial charge in [0, 0.05) is 34.2 Å². The summed E-state index contributed by atoms with van der Waals surface area (Å²) in [6.07, 6.45) is 4.37. The molecule has 5 nitrogen and oxygen atoms in total. The highest BCUT2D eigenvalue weighted by Gasteiger charge is 2.37. The van der Waals surface area contributed by atoms with Crippen LogP contribution in [-0.4, -0.2) is 26.0 Å². The number of fused-ring (bicyclic) bond motifs is 6. The second-order valence-electron chi connectivity index (χ2n) is 12.6. The molecule has 8 aromatic rings. The van der Waals surface area contributed by atoms with Crippen LogP contribution < -0.4 is 15.2 Å². The maximum absolute atomic E-state index is 6.76. The van der Waals surface area contributed by atoms with E-state index >= 15 is 0 Å². The minimum absolute atomic E-state index is 0.0425. The average molecular weight is 629 g/mol. The molecule has 10 rings (SSSR count). The summed E-state index contributed by atoms with van der Waals surface area (Å²) >= 11 is 0. The Labute approximate surface area is 282 Å². The maximum atomic E-state index is 6.76. The second-order valence-corrected chi connectivity index (χ2v) is 12.6. The van der Waals surface area contributed by atoms with Crippen molar-refractivity contribution in [3.05, 3.63) is 162 Å². The van der Waals surface area contributed by atoms with Crippen LogP contribution in [0.15, 0.2) is 146 Å². The van der Waals surface area contributed by atoms with Crippen LogP contribution in [0.2, 0.25) is 0 Å². The van der Waals surface area contributed by atoms with E-state index in [-0.39, 0.29) is 12.0 Å². The Morgan fingerprint density at radius 2 is 1.00 bits per heavy atom. The highest BCUT2D eigenvalue weighted by atomic mass is 16.5. The number of nitrogens with zero attached hydrogens (tertiary/aromatic N) is 4. The van der Waals surface area contributed by atoms with Gasteiger partial charge in [-0.25, -0.2) is 19.9 Å². The highest BCUT2D eigenvalue weighted by Crippen LogP contribution is 2.47. The third-order valence-corrected chi connectivity index (χ3v) is 9.60. The molecule has 0 N–H and O–H groups in total. The van der Waals surface area contributed by atoms with Crippen molar-refractivity contribution in [1.82, 2.24) is 19.9 Å². The number of hydrogen-bond acceptors (Lipinski definition) is 5. The third-order valence-electron chi connectivity index (χ3n) is 9.60. The van der Waals surface area contributed by atoms with E-state index in [1.54, 1.807) is 0 Å². The Morgan fingerprint density at radius 1 is 0.429 bits per heavy atom. The number of pyridine rings is 1. The predicted molar refractivity (Wildman–Crippen MR) is 196 cm³/mol. The first kappa shape index (κ1) is 27.6. The van der Waals surface area contributed by atoms with Crippen molar-refractivity contribution in [3.8, 4) is 51.3 Å². The Morgan fingerprint density at radius 3 is 1.73 bits per heavy atom. The van der Waals surface area contributed by atoms with Crippen molar-refractivity contribution in [2.45, 2.75) is 12.0 Å². The molecule has 0 amide bonds. The van der Waals surface area contributed by atoms with E-state index < -0.39 is 0 Å². The quantitative estimate of drug-likeness (QED) is 0.196. The monoisotopic (exact) mass is 628 g/mol. The summed E-state index contributed by atoms with van der Waals surface area (Å²) < 4.78 is 6.76. The normalized spacial score (nSPS) is 15.8. The number of rotatable bonds is 4. The number of hydrogen-bond donors (Lipinski definition) is 0. The Hall–Kier alpha value is -6.46. The number of ether oxygens (including phenoxy) is 1. The molecule has 0 bridgehead atoms. The van der Waals surface area contributed by atoms with Crippen molar-refractivity contribution < 1.29 is 4.74 Å². The Kier molecular flexibility index (Phi) is 6.24. The lowest BCUT2D eigenvalue weighted by Gasteiger charge is -2.17. The van der Waals surface area contributed by atoms with Crippen molar-refractivity contribution in [2.75, 3.05) is 0 Å². The van der Waals surface area contributed by atoms with Gasteiger partial charge in [-0.05, 0) is 50.2 Å². The van der Waals surface area contributed by atoms with E-state index in [1.165, 1.54) is 21.2 Å². The van der Waals surface area contributed by atoms with E-state index in [0.29, 0.717) is 23.2 Å². The molecule has 49 heavy (non-hydrogen) atoms. The first-order chi connectivity index (χ1) is 24.2. The average Bonchev–Trinajstić information content (AvgIpc) is 3.53. The lowest BCUT2D eigenvalue weighted by Crippen LogP contribution is -2.34. The maximum Gasteiger partial charge on any atom is 0.182 e. The SMILES string of the molecule is C1=c2ccccc2=CC2c3c(cc(-c4ccc5ccccc5c4)nc3-c3nc(-c4ccccc4)nc(-c4ccc5ccccc5c4)n3)OC12. The fourth-order valence-corrected chi connectivity index (χ4v) is 7.16. The Balaban J connectivity index is 1.23. The lowest BCUT2D eigenvalue weighted by molar-refractivity contribution is 0.288. The molecule has 2 aromatic heterocycles. The van der Waals surface area contributed by atoms with Gasteiger partial charge in [-0.2, -0.15) is 0 Å². The molecular formula is C44H28N4O. The summed E-state index contributed by atoms with van der Waals surface area (Å²) in [4.78, 5) is 20.7. The summed E-state index contributed by atoms with van der Waals surface area (Å²) in [6, 6.07) is 50.1. The van der Waals surface area contributed by atoms with Gasteiger partial charge in [0.25, 0.3) is 0 Å². The van der Waals surface area contributed by atoms with Crippen LogP contribution in [0.1, 0.15) is 11.5 Å². The van der Waals surface area contributed by atoms with Gasteiger partial charge in [0.15, 0.2) is 17.5 Å². The standard InChI is InChI=1S/C44H28N4O/c1-2-12-29(13-3-1)42-46-43(35-21-19-28-11-5-7-15-31(28)23-35)48-44(47-42)41-40-36-24-32-16-8-9-17-33(32)25-38(36)49-39(40)26-37(45-41)34-20-18-27-10-4-6-14-30(27)22-34/h1-26,36,38H. The highest BCUT2D eigenvalue weighted by molar-refractivity contribution is 5.88. The molecule has 3 heterocycles. The third kappa shape index (κ3) is 4.78. The fourth-order valence-electron chi connectivity index (χ4n) is 7.16. The first-order valence-corrected chi connectivity index (χ1v) is 16.5. The van der Waals surface area contributed by atoms with Crippen molar-refractivity contribution in [1.29, 1.82) is 0 Å². The van der Waals surface area contributed by atoms with Crippen LogP contribution in [0, 0.1) is 0 Å². The molecule has 2 aliphatic rings. The summed E-state index contributed by atoms with van der Waals surface area (Å²) in [5.74, 6) is 2.48. The summed E-state index contributed by atoms with van der Waals surface area (Å²) in [6.45, 7) is 0. The molecule has 6 aromatic carbocycles. The van der Waals surface area contributed by atoms with Gasteiger partial charge in [-0.1, -0.05) is 133 Å². The van der Waals surface area contributed by atoms with E-state index in [9.17, 15) is 0 Å². The van der Waals surface area contributed by atoms with Crippen LogP contribution in [0.3, 0.4) is 0 Å². The molecule has 5 heteroatoms. The minimum atomic E-state index is -0.160. The smallest absolute Gasteiger partial charge is 0.182 e. The zero-order valence-electron chi connectivity index (χ0n) is 26.4. The van der Waals surface area contributed by atoms with Crippen LogP contribution in [0.25, 0.3) is 79.2 Å². The molecule has 0 saturated carbocycles. The minimum Gasteiger partial charge on any atom is -0.485 e. The molecule has 230 valence electrons. The fraction of sp³-hybridized carbons (Fsp3) is 0.0455. The van der Waals surface area contributed by atoms with E-state index in [0.717, 1.165) is 44.5 Å². The topological polar surface area (TPSA) is 60.8 Å². The predicted octanol–water partition coefficient (Wildman–Crippen LogP) is 8.36. The van der Waals surface area contributed by atoms with Gasteiger partial charge >= 0.3 is 0 Å². The molecule has 2 unspecified atom stereocenters. The lowest BCUT2D eigenvalue weighted by atomic mass is 9.88. The number of benzene rings is 6. The van der Waals surface area contributed by atoms with Crippen LogP contribution >= 0.6 is 0 Å². The largest absolute Gasteiger partial charge is 0.485 e. The van der Waals surface area contributed by atoms with Gasteiger partial charge in [-0.3, -0.25) is 0 Å². The van der Waals surface area contributed by atoms with E-state index in [4.69, 9.17) is 24.7 Å². The van der Waals surface area contributed by atoms with Crippen molar-refractivity contribution in [2.24, 2.45) is 0 Å². The van der Waals surface area contributed by atoms with Crippen LogP contribution in [-0.2, 0) is 0 Å². The van der Waals surface area contributed by atoms with Gasteiger partial charge in [0.2, 0.25) is 0 Å². The second kappa shape index (κ2) is 11.1. The first-order valence-electron chi connectivity index (χ1n) is 16.5.